The van der Waals surface area contributed by atoms with E-state index < -0.39 is 0 Å². The van der Waals surface area contributed by atoms with E-state index in [0.29, 0.717) is 13.0 Å². The fourth-order valence-corrected chi connectivity index (χ4v) is 1.62. The zero-order valence-electron chi connectivity index (χ0n) is 9.95. The number of benzene rings is 1. The van der Waals surface area contributed by atoms with Crippen molar-refractivity contribution in [3.8, 4) is 11.5 Å². The molecule has 0 unspecified atom stereocenters. The van der Waals surface area contributed by atoms with Gasteiger partial charge in [0.25, 0.3) is 0 Å². The molecule has 0 atom stereocenters. The first-order chi connectivity index (χ1) is 7.76. The van der Waals surface area contributed by atoms with E-state index in [-0.39, 0.29) is 6.61 Å². The van der Waals surface area contributed by atoms with E-state index in [0.717, 1.165) is 22.6 Å². The van der Waals surface area contributed by atoms with E-state index in [1.807, 2.05) is 12.1 Å². The summed E-state index contributed by atoms with van der Waals surface area (Å²) in [5.74, 6) is 1.46. The van der Waals surface area contributed by atoms with Gasteiger partial charge in [-0.3, -0.25) is 0 Å². The Morgan fingerprint density at radius 1 is 1.00 bits per heavy atom. The average molecular weight is 226 g/mol. The molecule has 1 aromatic rings. The Morgan fingerprint density at radius 2 is 1.62 bits per heavy atom. The second-order valence-electron chi connectivity index (χ2n) is 3.38. The summed E-state index contributed by atoms with van der Waals surface area (Å²) in [6.07, 6.45) is 0.559. The fraction of sp³-hybridized carbons (Fsp3) is 0.500. The first-order valence-corrected chi connectivity index (χ1v) is 5.10. The zero-order valence-corrected chi connectivity index (χ0v) is 9.95. The highest BCUT2D eigenvalue weighted by Crippen LogP contribution is 2.29. The van der Waals surface area contributed by atoms with Crippen molar-refractivity contribution in [2.24, 2.45) is 0 Å². The molecular formula is C12H18O4. The van der Waals surface area contributed by atoms with Gasteiger partial charge in [-0.1, -0.05) is 0 Å². The summed E-state index contributed by atoms with van der Waals surface area (Å²) < 4.78 is 15.6. The van der Waals surface area contributed by atoms with Gasteiger partial charge in [-0.2, -0.15) is 0 Å². The summed E-state index contributed by atoms with van der Waals surface area (Å²) in [6, 6.07) is 3.76. The maximum atomic E-state index is 8.97. The second-order valence-corrected chi connectivity index (χ2v) is 3.38. The largest absolute Gasteiger partial charge is 0.496 e. The van der Waals surface area contributed by atoms with Crippen LogP contribution in [0.4, 0.5) is 0 Å². The second kappa shape index (κ2) is 6.35. The minimum absolute atomic E-state index is 0.0924. The van der Waals surface area contributed by atoms with Crippen molar-refractivity contribution in [3.63, 3.8) is 0 Å². The lowest BCUT2D eigenvalue weighted by molar-refractivity contribution is 0.181. The molecule has 1 N–H and O–H groups in total. The van der Waals surface area contributed by atoms with Crippen LogP contribution in [-0.4, -0.2) is 33.0 Å². The van der Waals surface area contributed by atoms with Gasteiger partial charge in [0.2, 0.25) is 0 Å². The van der Waals surface area contributed by atoms with E-state index in [1.54, 1.807) is 21.3 Å². The minimum atomic E-state index is 0.0924. The Bertz CT molecular complexity index is 307. The quantitative estimate of drug-likeness (QED) is 0.796. The Hall–Kier alpha value is -1.26. The number of aliphatic hydroxyl groups excluding tert-OH is 1. The molecule has 4 nitrogen and oxygen atoms in total. The van der Waals surface area contributed by atoms with Gasteiger partial charge < -0.3 is 19.3 Å². The SMILES string of the molecule is COCc1cc(CCO)c(OC)cc1OC. The highest BCUT2D eigenvalue weighted by Gasteiger charge is 2.10. The molecule has 0 aliphatic rings. The van der Waals surface area contributed by atoms with Crippen LogP contribution in [0.2, 0.25) is 0 Å². The number of hydrogen-bond acceptors (Lipinski definition) is 4. The first-order valence-electron chi connectivity index (χ1n) is 5.10. The Labute approximate surface area is 95.8 Å². The average Bonchev–Trinajstić information content (AvgIpc) is 2.30. The molecule has 0 aromatic heterocycles. The van der Waals surface area contributed by atoms with Gasteiger partial charge in [-0.15, -0.1) is 0 Å². The Kier molecular flexibility index (Phi) is 5.08. The third kappa shape index (κ3) is 2.87. The topological polar surface area (TPSA) is 47.9 Å². The third-order valence-electron chi connectivity index (χ3n) is 2.36. The normalized spacial score (nSPS) is 10.2. The third-order valence-corrected chi connectivity index (χ3v) is 2.36. The van der Waals surface area contributed by atoms with E-state index in [1.165, 1.54) is 0 Å². The molecule has 90 valence electrons. The molecule has 0 amide bonds. The number of rotatable bonds is 6. The number of hydrogen-bond donors (Lipinski definition) is 1. The van der Waals surface area contributed by atoms with Crippen LogP contribution in [0, 0.1) is 0 Å². The molecule has 0 aliphatic carbocycles. The molecule has 16 heavy (non-hydrogen) atoms. The molecule has 0 heterocycles. The van der Waals surface area contributed by atoms with Crippen LogP contribution in [0.3, 0.4) is 0 Å². The van der Waals surface area contributed by atoms with E-state index in [4.69, 9.17) is 19.3 Å². The van der Waals surface area contributed by atoms with Crippen LogP contribution in [0.1, 0.15) is 11.1 Å². The predicted molar refractivity (Wildman–Crippen MR) is 61.0 cm³/mol. The van der Waals surface area contributed by atoms with Crippen molar-refractivity contribution < 1.29 is 19.3 Å². The van der Waals surface area contributed by atoms with Crippen molar-refractivity contribution in [1.82, 2.24) is 0 Å². The standard InChI is InChI=1S/C12H18O4/c1-14-8-10-6-9(4-5-13)11(15-2)7-12(10)16-3/h6-7,13H,4-5,8H2,1-3H3. The van der Waals surface area contributed by atoms with E-state index in [2.05, 4.69) is 0 Å². The lowest BCUT2D eigenvalue weighted by atomic mass is 10.1. The van der Waals surface area contributed by atoms with Crippen molar-refractivity contribution in [2.75, 3.05) is 27.9 Å². The maximum absolute atomic E-state index is 8.97. The van der Waals surface area contributed by atoms with Crippen LogP contribution < -0.4 is 9.47 Å². The molecule has 0 radical (unpaired) electrons. The zero-order chi connectivity index (χ0) is 12.0. The summed E-state index contributed by atoms with van der Waals surface area (Å²) in [4.78, 5) is 0. The molecular weight excluding hydrogens is 208 g/mol. The summed E-state index contributed by atoms with van der Waals surface area (Å²) in [7, 11) is 4.85. The van der Waals surface area contributed by atoms with E-state index in [9.17, 15) is 0 Å². The molecule has 0 bridgehead atoms. The molecule has 0 saturated heterocycles. The highest BCUT2D eigenvalue weighted by atomic mass is 16.5. The van der Waals surface area contributed by atoms with Gasteiger partial charge in [0.1, 0.15) is 11.5 Å². The molecule has 4 heteroatoms. The fourth-order valence-electron chi connectivity index (χ4n) is 1.62. The summed E-state index contributed by atoms with van der Waals surface area (Å²) in [5, 5.41) is 8.97. The van der Waals surface area contributed by atoms with Gasteiger partial charge >= 0.3 is 0 Å². The van der Waals surface area contributed by atoms with Gasteiger partial charge in [0.15, 0.2) is 0 Å². The Balaban J connectivity index is 3.12. The predicted octanol–water partition coefficient (Wildman–Crippen LogP) is 1.39. The number of methoxy groups -OCH3 is 3. The molecule has 1 aromatic carbocycles. The van der Waals surface area contributed by atoms with Gasteiger partial charge in [-0.25, -0.2) is 0 Å². The van der Waals surface area contributed by atoms with Crippen molar-refractivity contribution >= 4 is 0 Å². The molecule has 0 fully saturated rings. The van der Waals surface area contributed by atoms with Crippen LogP contribution in [0.15, 0.2) is 12.1 Å². The van der Waals surface area contributed by atoms with Crippen molar-refractivity contribution in [1.29, 1.82) is 0 Å². The molecule has 0 saturated carbocycles. The lowest BCUT2D eigenvalue weighted by Crippen LogP contribution is -2.01. The van der Waals surface area contributed by atoms with Crippen LogP contribution in [0.25, 0.3) is 0 Å². The Morgan fingerprint density at radius 3 is 2.12 bits per heavy atom. The smallest absolute Gasteiger partial charge is 0.128 e. The van der Waals surface area contributed by atoms with Crippen LogP contribution in [-0.2, 0) is 17.8 Å². The van der Waals surface area contributed by atoms with E-state index >= 15 is 0 Å². The highest BCUT2D eigenvalue weighted by molar-refractivity contribution is 5.46. The minimum Gasteiger partial charge on any atom is -0.496 e. The summed E-state index contributed by atoms with van der Waals surface area (Å²) in [6.45, 7) is 0.570. The lowest BCUT2D eigenvalue weighted by Gasteiger charge is -2.14. The van der Waals surface area contributed by atoms with Gasteiger partial charge in [0, 0.05) is 25.3 Å². The molecule has 1 rings (SSSR count). The van der Waals surface area contributed by atoms with Gasteiger partial charge in [0.05, 0.1) is 20.8 Å². The molecule has 0 spiro atoms. The van der Waals surface area contributed by atoms with Crippen molar-refractivity contribution in [2.45, 2.75) is 13.0 Å². The number of ether oxygens (including phenoxy) is 3. The van der Waals surface area contributed by atoms with Crippen LogP contribution in [0.5, 0.6) is 11.5 Å². The van der Waals surface area contributed by atoms with Crippen molar-refractivity contribution in [3.05, 3.63) is 23.3 Å². The summed E-state index contributed by atoms with van der Waals surface area (Å²) >= 11 is 0. The monoisotopic (exact) mass is 226 g/mol. The number of aliphatic hydroxyl groups is 1. The maximum Gasteiger partial charge on any atom is 0.128 e. The van der Waals surface area contributed by atoms with Crippen LogP contribution >= 0.6 is 0 Å². The first kappa shape index (κ1) is 12.8. The summed E-state index contributed by atoms with van der Waals surface area (Å²) in [5.41, 5.74) is 1.91. The van der Waals surface area contributed by atoms with Gasteiger partial charge in [-0.05, 0) is 18.1 Å². The molecule has 0 aliphatic heterocycles.